The topological polar surface area (TPSA) is 37.4 Å². The van der Waals surface area contributed by atoms with Gasteiger partial charge in [-0.2, -0.15) is 0 Å². The van der Waals surface area contributed by atoms with Crippen molar-refractivity contribution in [2.75, 3.05) is 0 Å². The van der Waals surface area contributed by atoms with Crippen molar-refractivity contribution in [1.82, 2.24) is 4.90 Å². The second kappa shape index (κ2) is 5.29. The van der Waals surface area contributed by atoms with Crippen LogP contribution >= 0.6 is 0 Å². The quantitative estimate of drug-likeness (QED) is 0.609. The fourth-order valence-electron chi connectivity index (χ4n) is 2.48. The van der Waals surface area contributed by atoms with Crippen molar-refractivity contribution < 1.29 is 9.59 Å². The third kappa shape index (κ3) is 2.48. The second-order valence-electron chi connectivity index (χ2n) is 4.97. The first-order valence-electron chi connectivity index (χ1n) is 6.71. The number of nitrogens with zero attached hydrogens (tertiary/aromatic N) is 1. The SMILES string of the molecule is O=C1CCC(=O)C1=C1C=CN(Cc2ccccc2)C=C1. The van der Waals surface area contributed by atoms with E-state index in [1.807, 2.05) is 47.7 Å². The van der Waals surface area contributed by atoms with Crippen molar-refractivity contribution >= 4 is 11.6 Å². The lowest BCUT2D eigenvalue weighted by Crippen LogP contribution is -2.13. The maximum absolute atomic E-state index is 11.7. The minimum Gasteiger partial charge on any atom is -0.350 e. The Hall–Kier alpha value is -2.42. The van der Waals surface area contributed by atoms with E-state index < -0.39 is 0 Å². The summed E-state index contributed by atoms with van der Waals surface area (Å²) in [5.41, 5.74) is 2.32. The lowest BCUT2D eigenvalue weighted by molar-refractivity contribution is -0.116. The fourth-order valence-corrected chi connectivity index (χ4v) is 2.48. The molecule has 3 rings (SSSR count). The summed E-state index contributed by atoms with van der Waals surface area (Å²) in [4.78, 5) is 25.4. The molecule has 3 nitrogen and oxygen atoms in total. The zero-order valence-electron chi connectivity index (χ0n) is 11.1. The van der Waals surface area contributed by atoms with Gasteiger partial charge in [-0.25, -0.2) is 0 Å². The van der Waals surface area contributed by atoms with E-state index in [4.69, 9.17) is 0 Å². The van der Waals surface area contributed by atoms with E-state index in [1.165, 1.54) is 5.56 Å². The van der Waals surface area contributed by atoms with E-state index in [2.05, 4.69) is 12.1 Å². The highest BCUT2D eigenvalue weighted by Crippen LogP contribution is 2.24. The molecular weight excluding hydrogens is 250 g/mol. The van der Waals surface area contributed by atoms with Gasteiger partial charge in [-0.15, -0.1) is 0 Å². The van der Waals surface area contributed by atoms with Gasteiger partial charge in [-0.3, -0.25) is 9.59 Å². The summed E-state index contributed by atoms with van der Waals surface area (Å²) >= 11 is 0. The number of allylic oxidation sites excluding steroid dienone is 4. The molecule has 0 radical (unpaired) electrons. The molecule has 0 aromatic heterocycles. The average molecular weight is 265 g/mol. The van der Waals surface area contributed by atoms with E-state index in [9.17, 15) is 9.59 Å². The molecule has 1 aliphatic heterocycles. The Bertz CT molecular complexity index is 604. The number of rotatable bonds is 2. The van der Waals surface area contributed by atoms with Crippen LogP contribution in [0.15, 0.2) is 66.0 Å². The molecule has 1 aromatic carbocycles. The third-order valence-electron chi connectivity index (χ3n) is 3.52. The van der Waals surface area contributed by atoms with E-state index in [1.54, 1.807) is 0 Å². The van der Waals surface area contributed by atoms with Crippen molar-refractivity contribution in [3.8, 4) is 0 Å². The van der Waals surface area contributed by atoms with Gasteiger partial charge in [0.15, 0.2) is 11.6 Å². The van der Waals surface area contributed by atoms with Crippen LogP contribution in [-0.2, 0) is 16.1 Å². The largest absolute Gasteiger partial charge is 0.350 e. The molecule has 0 saturated heterocycles. The lowest BCUT2D eigenvalue weighted by atomic mass is 10.0. The molecule has 20 heavy (non-hydrogen) atoms. The average Bonchev–Trinajstić information content (AvgIpc) is 2.81. The third-order valence-corrected chi connectivity index (χ3v) is 3.52. The first-order valence-corrected chi connectivity index (χ1v) is 6.71. The van der Waals surface area contributed by atoms with Gasteiger partial charge in [0.25, 0.3) is 0 Å². The number of benzene rings is 1. The smallest absolute Gasteiger partial charge is 0.167 e. The van der Waals surface area contributed by atoms with Crippen LogP contribution < -0.4 is 0 Å². The minimum absolute atomic E-state index is 0.0317. The standard InChI is InChI=1S/C17H15NO2/c19-15-6-7-16(20)17(15)14-8-10-18(11-9-14)12-13-4-2-1-3-5-13/h1-5,8-11H,6-7,12H2. The van der Waals surface area contributed by atoms with Crippen LogP contribution in [0.3, 0.4) is 0 Å². The Kier molecular flexibility index (Phi) is 3.33. The predicted octanol–water partition coefficient (Wildman–Crippen LogP) is 2.76. The summed E-state index contributed by atoms with van der Waals surface area (Å²) in [6.07, 6.45) is 8.22. The molecule has 1 aliphatic carbocycles. The first kappa shape index (κ1) is 12.6. The van der Waals surface area contributed by atoms with E-state index >= 15 is 0 Å². The van der Waals surface area contributed by atoms with E-state index in [0.29, 0.717) is 18.4 Å². The van der Waals surface area contributed by atoms with Crippen LogP contribution in [0, 0.1) is 0 Å². The van der Waals surface area contributed by atoms with Crippen molar-refractivity contribution in [2.24, 2.45) is 0 Å². The van der Waals surface area contributed by atoms with Crippen LogP contribution in [-0.4, -0.2) is 16.5 Å². The highest BCUT2D eigenvalue weighted by molar-refractivity contribution is 6.26. The number of hydrogen-bond acceptors (Lipinski definition) is 3. The van der Waals surface area contributed by atoms with Crippen LogP contribution in [0.4, 0.5) is 0 Å². The molecular formula is C17H15NO2. The molecule has 2 aliphatic rings. The minimum atomic E-state index is -0.0317. The lowest BCUT2D eigenvalue weighted by Gasteiger charge is -2.19. The maximum atomic E-state index is 11.7. The number of carbonyl (C=O) groups excluding carboxylic acids is 2. The Morgan fingerprint density at radius 1 is 0.900 bits per heavy atom. The summed E-state index contributed by atoms with van der Waals surface area (Å²) in [6, 6.07) is 10.1. The zero-order chi connectivity index (χ0) is 13.9. The summed E-state index contributed by atoms with van der Waals surface area (Å²) < 4.78 is 0. The Labute approximate surface area is 117 Å². The number of ketones is 2. The van der Waals surface area contributed by atoms with Crippen LogP contribution in [0.1, 0.15) is 18.4 Å². The summed E-state index contributed by atoms with van der Waals surface area (Å²) in [7, 11) is 0. The summed E-state index contributed by atoms with van der Waals surface area (Å²) in [6.45, 7) is 0.776. The molecule has 0 N–H and O–H groups in total. The van der Waals surface area contributed by atoms with Crippen molar-refractivity contribution in [2.45, 2.75) is 19.4 Å². The van der Waals surface area contributed by atoms with Gasteiger partial charge in [0.1, 0.15) is 0 Å². The molecule has 3 heteroatoms. The molecule has 0 unspecified atom stereocenters. The van der Waals surface area contributed by atoms with Gasteiger partial charge in [0.05, 0.1) is 5.57 Å². The van der Waals surface area contributed by atoms with Crippen molar-refractivity contribution in [3.05, 3.63) is 71.6 Å². The van der Waals surface area contributed by atoms with Crippen LogP contribution in [0.25, 0.3) is 0 Å². The fraction of sp³-hybridized carbons (Fsp3) is 0.176. The molecule has 1 fully saturated rings. The van der Waals surface area contributed by atoms with Crippen molar-refractivity contribution in [1.29, 1.82) is 0 Å². The number of carbonyl (C=O) groups is 2. The molecule has 0 spiro atoms. The van der Waals surface area contributed by atoms with Crippen LogP contribution in [0.2, 0.25) is 0 Å². The molecule has 1 saturated carbocycles. The highest BCUT2D eigenvalue weighted by Gasteiger charge is 2.28. The highest BCUT2D eigenvalue weighted by atomic mass is 16.2. The van der Waals surface area contributed by atoms with Crippen LogP contribution in [0.5, 0.6) is 0 Å². The van der Waals surface area contributed by atoms with Crippen molar-refractivity contribution in [3.63, 3.8) is 0 Å². The molecule has 0 amide bonds. The monoisotopic (exact) mass is 265 g/mol. The molecule has 1 aromatic rings. The first-order chi connectivity index (χ1) is 9.74. The summed E-state index contributed by atoms with van der Waals surface area (Å²) in [5.74, 6) is -0.0633. The second-order valence-corrected chi connectivity index (χ2v) is 4.97. The van der Waals surface area contributed by atoms with Gasteiger partial charge >= 0.3 is 0 Å². The predicted molar refractivity (Wildman–Crippen MR) is 76.5 cm³/mol. The van der Waals surface area contributed by atoms with Gasteiger partial charge < -0.3 is 4.90 Å². The normalized spacial score (nSPS) is 18.3. The molecule has 0 bridgehead atoms. The zero-order valence-corrected chi connectivity index (χ0v) is 11.1. The van der Waals surface area contributed by atoms with Gasteiger partial charge in [-0.05, 0) is 23.3 Å². The number of hydrogen-bond donors (Lipinski definition) is 0. The van der Waals surface area contributed by atoms with E-state index in [-0.39, 0.29) is 11.6 Å². The molecule has 1 heterocycles. The Morgan fingerprint density at radius 2 is 1.50 bits per heavy atom. The molecule has 100 valence electrons. The maximum Gasteiger partial charge on any atom is 0.167 e. The van der Waals surface area contributed by atoms with Gasteiger partial charge in [-0.1, -0.05) is 30.3 Å². The summed E-state index contributed by atoms with van der Waals surface area (Å²) in [5, 5.41) is 0. The van der Waals surface area contributed by atoms with E-state index in [0.717, 1.165) is 12.1 Å². The molecule has 0 atom stereocenters. The number of Topliss-reactive ketones (excluding diaryl/α,β-unsaturated/α-hetero) is 2. The van der Waals surface area contributed by atoms with Gasteiger partial charge in [0.2, 0.25) is 0 Å². The van der Waals surface area contributed by atoms with Gasteiger partial charge in [0, 0.05) is 31.8 Å². The Balaban J connectivity index is 1.76. The Morgan fingerprint density at radius 3 is 2.10 bits per heavy atom.